The van der Waals surface area contributed by atoms with E-state index in [1.54, 1.807) is 4.90 Å². The second-order valence-corrected chi connectivity index (χ2v) is 5.06. The molecule has 0 radical (unpaired) electrons. The molecule has 17 heavy (non-hydrogen) atoms. The van der Waals surface area contributed by atoms with E-state index in [2.05, 4.69) is 5.32 Å². The quantitative estimate of drug-likeness (QED) is 0.732. The van der Waals surface area contributed by atoms with Gasteiger partial charge in [-0.3, -0.25) is 9.59 Å². The van der Waals surface area contributed by atoms with Crippen LogP contribution in [0, 0.1) is 5.92 Å². The van der Waals surface area contributed by atoms with Crippen LogP contribution in [0.1, 0.15) is 32.1 Å². The summed E-state index contributed by atoms with van der Waals surface area (Å²) in [6, 6.07) is 0.190. The molecule has 2 aliphatic rings. The molecule has 96 valence electrons. The molecule has 1 aliphatic heterocycles. The lowest BCUT2D eigenvalue weighted by molar-refractivity contribution is -0.145. The third-order valence-electron chi connectivity index (χ3n) is 3.48. The number of rotatable bonds is 5. The summed E-state index contributed by atoms with van der Waals surface area (Å²) in [4.78, 5) is 24.3. The highest BCUT2D eigenvalue weighted by molar-refractivity contribution is 5.82. The van der Waals surface area contributed by atoms with E-state index in [-0.39, 0.29) is 18.5 Å². The highest BCUT2D eigenvalue weighted by Crippen LogP contribution is 2.28. The van der Waals surface area contributed by atoms with Gasteiger partial charge in [0.05, 0.1) is 0 Å². The Kier molecular flexibility index (Phi) is 3.99. The zero-order valence-corrected chi connectivity index (χ0v) is 10.0. The van der Waals surface area contributed by atoms with E-state index < -0.39 is 5.97 Å². The Morgan fingerprint density at radius 1 is 1.29 bits per heavy atom. The van der Waals surface area contributed by atoms with Crippen molar-refractivity contribution < 1.29 is 14.7 Å². The Morgan fingerprint density at radius 2 is 2.06 bits per heavy atom. The molecule has 5 heteroatoms. The number of carbonyl (C=O) groups is 2. The van der Waals surface area contributed by atoms with Gasteiger partial charge in [0.25, 0.3) is 0 Å². The number of hydrogen-bond acceptors (Lipinski definition) is 3. The second-order valence-electron chi connectivity index (χ2n) is 5.06. The smallest absolute Gasteiger partial charge is 0.323 e. The molecule has 1 unspecified atom stereocenters. The number of carbonyl (C=O) groups excluding carboxylic acids is 1. The molecule has 1 aliphatic carbocycles. The van der Waals surface area contributed by atoms with Gasteiger partial charge < -0.3 is 15.3 Å². The van der Waals surface area contributed by atoms with E-state index in [1.165, 1.54) is 0 Å². The number of carboxylic acids is 1. The van der Waals surface area contributed by atoms with Crippen LogP contribution >= 0.6 is 0 Å². The summed E-state index contributed by atoms with van der Waals surface area (Å²) in [5, 5.41) is 12.1. The molecule has 1 atom stereocenters. The van der Waals surface area contributed by atoms with Gasteiger partial charge in [0.15, 0.2) is 0 Å². The van der Waals surface area contributed by atoms with Crippen molar-refractivity contribution in [2.75, 3.05) is 19.6 Å². The lowest BCUT2D eigenvalue weighted by Gasteiger charge is -2.26. The second kappa shape index (κ2) is 5.49. The zero-order valence-electron chi connectivity index (χ0n) is 10.0. The van der Waals surface area contributed by atoms with E-state index in [1.807, 2.05) is 0 Å². The fourth-order valence-electron chi connectivity index (χ4n) is 2.42. The van der Waals surface area contributed by atoms with Gasteiger partial charge in [-0.15, -0.1) is 0 Å². The van der Waals surface area contributed by atoms with Crippen LogP contribution in [0.15, 0.2) is 0 Å². The monoisotopic (exact) mass is 240 g/mol. The molecule has 1 saturated heterocycles. The first-order valence-electron chi connectivity index (χ1n) is 6.39. The molecule has 1 amide bonds. The molecule has 1 saturated carbocycles. The first-order valence-corrected chi connectivity index (χ1v) is 6.39. The maximum absolute atomic E-state index is 12.1. The van der Waals surface area contributed by atoms with Crippen LogP contribution in [-0.2, 0) is 9.59 Å². The molecular weight excluding hydrogens is 220 g/mol. The van der Waals surface area contributed by atoms with Crippen molar-refractivity contribution in [3.05, 3.63) is 0 Å². The largest absolute Gasteiger partial charge is 0.480 e. The number of amides is 1. The Morgan fingerprint density at radius 3 is 2.59 bits per heavy atom. The van der Waals surface area contributed by atoms with Gasteiger partial charge >= 0.3 is 5.97 Å². The van der Waals surface area contributed by atoms with E-state index in [0.717, 1.165) is 38.8 Å². The van der Waals surface area contributed by atoms with E-state index in [9.17, 15) is 9.59 Å². The molecule has 5 nitrogen and oxygen atoms in total. The normalized spacial score (nSPS) is 24.4. The van der Waals surface area contributed by atoms with Gasteiger partial charge in [-0.2, -0.15) is 0 Å². The summed E-state index contributed by atoms with van der Waals surface area (Å²) in [7, 11) is 0. The van der Waals surface area contributed by atoms with Crippen LogP contribution in [0.25, 0.3) is 0 Å². The number of nitrogens with zero attached hydrogens (tertiary/aromatic N) is 1. The minimum Gasteiger partial charge on any atom is -0.480 e. The van der Waals surface area contributed by atoms with Gasteiger partial charge in [0, 0.05) is 12.5 Å². The summed E-state index contributed by atoms with van der Waals surface area (Å²) in [5.41, 5.74) is 0. The molecule has 2 N–H and O–H groups in total. The maximum Gasteiger partial charge on any atom is 0.323 e. The van der Waals surface area contributed by atoms with Gasteiger partial charge in [-0.25, -0.2) is 0 Å². The third kappa shape index (κ3) is 3.70. The molecule has 2 rings (SSSR count). The Balaban J connectivity index is 1.84. The van der Waals surface area contributed by atoms with Gasteiger partial charge in [0.1, 0.15) is 6.54 Å². The van der Waals surface area contributed by atoms with Crippen molar-refractivity contribution in [3.8, 4) is 0 Å². The van der Waals surface area contributed by atoms with Crippen molar-refractivity contribution in [3.63, 3.8) is 0 Å². The Labute approximate surface area is 101 Å². The maximum atomic E-state index is 12.1. The molecule has 0 spiro atoms. The van der Waals surface area contributed by atoms with Crippen molar-refractivity contribution in [2.24, 2.45) is 5.92 Å². The molecular formula is C12H20N2O3. The van der Waals surface area contributed by atoms with Crippen LogP contribution in [0.4, 0.5) is 0 Å². The molecule has 1 heterocycles. The fraction of sp³-hybridized carbons (Fsp3) is 0.833. The molecule has 0 aromatic heterocycles. The standard InChI is InChI=1S/C12H20N2O3/c15-11(6-9-2-1-5-13-7-9)14(8-12(16)17)10-3-4-10/h9-10,13H,1-8H2,(H,16,17). The van der Waals surface area contributed by atoms with Crippen molar-refractivity contribution >= 4 is 11.9 Å². The first kappa shape index (κ1) is 12.4. The third-order valence-corrected chi connectivity index (χ3v) is 3.48. The van der Waals surface area contributed by atoms with E-state index in [4.69, 9.17) is 5.11 Å². The van der Waals surface area contributed by atoms with E-state index >= 15 is 0 Å². The average molecular weight is 240 g/mol. The average Bonchev–Trinajstić information content (AvgIpc) is 3.10. The minimum atomic E-state index is -0.910. The highest BCUT2D eigenvalue weighted by atomic mass is 16.4. The number of nitrogens with one attached hydrogen (secondary N) is 1. The number of hydrogen-bond donors (Lipinski definition) is 2. The number of carboxylic acid groups (broad SMARTS) is 1. The van der Waals surface area contributed by atoms with Crippen LogP contribution < -0.4 is 5.32 Å². The Bertz CT molecular complexity index is 296. The van der Waals surface area contributed by atoms with Crippen molar-refractivity contribution in [2.45, 2.75) is 38.1 Å². The summed E-state index contributed by atoms with van der Waals surface area (Å²) in [6.07, 6.45) is 4.60. The van der Waals surface area contributed by atoms with Crippen LogP contribution in [0.5, 0.6) is 0 Å². The Hall–Kier alpha value is -1.10. The molecule has 2 fully saturated rings. The topological polar surface area (TPSA) is 69.6 Å². The first-order chi connectivity index (χ1) is 8.16. The fourth-order valence-corrected chi connectivity index (χ4v) is 2.42. The van der Waals surface area contributed by atoms with E-state index in [0.29, 0.717) is 12.3 Å². The van der Waals surface area contributed by atoms with Crippen LogP contribution in [-0.4, -0.2) is 47.6 Å². The molecule has 0 aromatic carbocycles. The molecule has 0 aromatic rings. The lowest BCUT2D eigenvalue weighted by atomic mass is 9.95. The van der Waals surface area contributed by atoms with Gasteiger partial charge in [0.2, 0.25) is 5.91 Å². The predicted molar refractivity (Wildman–Crippen MR) is 62.6 cm³/mol. The summed E-state index contributed by atoms with van der Waals surface area (Å²) in [6.45, 7) is 1.78. The zero-order chi connectivity index (χ0) is 12.3. The number of aliphatic carboxylic acids is 1. The van der Waals surface area contributed by atoms with Crippen LogP contribution in [0.2, 0.25) is 0 Å². The summed E-state index contributed by atoms with van der Waals surface area (Å²) >= 11 is 0. The minimum absolute atomic E-state index is 0.0172. The highest BCUT2D eigenvalue weighted by Gasteiger charge is 2.34. The van der Waals surface area contributed by atoms with Gasteiger partial charge in [-0.05, 0) is 44.7 Å². The van der Waals surface area contributed by atoms with Crippen molar-refractivity contribution in [1.29, 1.82) is 0 Å². The molecule has 0 bridgehead atoms. The predicted octanol–water partition coefficient (Wildman–Crippen LogP) is 0.452. The van der Waals surface area contributed by atoms with Crippen LogP contribution in [0.3, 0.4) is 0 Å². The summed E-state index contributed by atoms with van der Waals surface area (Å²) < 4.78 is 0. The summed E-state index contributed by atoms with van der Waals surface area (Å²) in [5.74, 6) is -0.512. The lowest BCUT2D eigenvalue weighted by Crippen LogP contribution is -2.40. The van der Waals surface area contributed by atoms with Crippen molar-refractivity contribution in [1.82, 2.24) is 10.2 Å². The van der Waals surface area contributed by atoms with Gasteiger partial charge in [-0.1, -0.05) is 0 Å². The number of piperidine rings is 1. The SMILES string of the molecule is O=C(O)CN(C(=O)CC1CCCNC1)C1CC1.